The molecule has 0 aromatic heterocycles. The molecular formula is C30H34BrFN2O3. The van der Waals surface area contributed by atoms with Gasteiger partial charge in [0, 0.05) is 25.1 Å². The minimum Gasteiger partial charge on any atom is -0.483 e. The zero-order chi connectivity index (χ0) is 26.8. The van der Waals surface area contributed by atoms with Crippen LogP contribution in [0.3, 0.4) is 0 Å². The molecule has 0 aliphatic heterocycles. The van der Waals surface area contributed by atoms with Gasteiger partial charge < -0.3 is 15.0 Å². The van der Waals surface area contributed by atoms with Crippen molar-refractivity contribution in [1.29, 1.82) is 0 Å². The predicted molar refractivity (Wildman–Crippen MR) is 148 cm³/mol. The van der Waals surface area contributed by atoms with E-state index in [9.17, 15) is 14.0 Å². The highest BCUT2D eigenvalue weighted by Crippen LogP contribution is 2.29. The van der Waals surface area contributed by atoms with Crippen LogP contribution < -0.4 is 10.1 Å². The minimum absolute atomic E-state index is 0.0562. The van der Waals surface area contributed by atoms with Gasteiger partial charge in [-0.3, -0.25) is 9.59 Å². The van der Waals surface area contributed by atoms with Gasteiger partial charge in [0.15, 0.2) is 6.61 Å². The van der Waals surface area contributed by atoms with Crippen molar-refractivity contribution < 1.29 is 18.7 Å². The van der Waals surface area contributed by atoms with E-state index in [1.54, 1.807) is 18.2 Å². The van der Waals surface area contributed by atoms with Crippen molar-refractivity contribution in [2.24, 2.45) is 0 Å². The largest absolute Gasteiger partial charge is 0.483 e. The van der Waals surface area contributed by atoms with Gasteiger partial charge in [0.2, 0.25) is 5.91 Å². The Kier molecular flexibility index (Phi) is 10.7. The molecule has 2 amide bonds. The quantitative estimate of drug-likeness (QED) is 0.280. The molecule has 0 radical (unpaired) electrons. The van der Waals surface area contributed by atoms with Gasteiger partial charge >= 0.3 is 0 Å². The summed E-state index contributed by atoms with van der Waals surface area (Å²) in [6.07, 6.45) is 1.05. The van der Waals surface area contributed by atoms with Crippen molar-refractivity contribution in [1.82, 2.24) is 10.2 Å². The molecule has 1 unspecified atom stereocenters. The van der Waals surface area contributed by atoms with E-state index >= 15 is 0 Å². The Labute approximate surface area is 227 Å². The molecule has 0 aliphatic rings. The summed E-state index contributed by atoms with van der Waals surface area (Å²) in [7, 11) is 0. The lowest BCUT2D eigenvalue weighted by Crippen LogP contribution is -2.52. The SMILES string of the molecule is CCCNC(=O)C(Cc1ccccc1)N(Cc1ccccc1F)C(=O)COc1ccc(C(C)C)cc1Br. The molecule has 196 valence electrons. The average molecular weight is 570 g/mol. The van der Waals surface area contributed by atoms with Crippen LogP contribution in [0.1, 0.15) is 49.8 Å². The molecule has 0 saturated heterocycles. The van der Waals surface area contributed by atoms with Gasteiger partial charge in [0.25, 0.3) is 5.91 Å². The molecule has 3 aromatic rings. The summed E-state index contributed by atoms with van der Waals surface area (Å²) in [4.78, 5) is 28.3. The summed E-state index contributed by atoms with van der Waals surface area (Å²) in [6, 6.07) is 20.7. The van der Waals surface area contributed by atoms with Gasteiger partial charge in [0.05, 0.1) is 4.47 Å². The smallest absolute Gasteiger partial charge is 0.261 e. The van der Waals surface area contributed by atoms with Crippen LogP contribution in [-0.2, 0) is 22.6 Å². The number of halogens is 2. The van der Waals surface area contributed by atoms with E-state index in [1.165, 1.54) is 11.0 Å². The fraction of sp³-hybridized carbons (Fsp3) is 0.333. The summed E-state index contributed by atoms with van der Waals surface area (Å²) in [5.41, 5.74) is 2.38. The highest BCUT2D eigenvalue weighted by molar-refractivity contribution is 9.10. The molecule has 37 heavy (non-hydrogen) atoms. The maximum atomic E-state index is 14.6. The van der Waals surface area contributed by atoms with Crippen molar-refractivity contribution in [2.75, 3.05) is 13.2 Å². The van der Waals surface area contributed by atoms with E-state index < -0.39 is 17.8 Å². The zero-order valence-corrected chi connectivity index (χ0v) is 23.1. The van der Waals surface area contributed by atoms with Crippen LogP contribution in [0, 0.1) is 5.82 Å². The predicted octanol–water partition coefficient (Wildman–Crippen LogP) is 6.26. The van der Waals surface area contributed by atoms with E-state index in [1.807, 2.05) is 55.5 Å². The van der Waals surface area contributed by atoms with Gasteiger partial charge in [-0.05, 0) is 57.6 Å². The molecule has 0 heterocycles. The zero-order valence-electron chi connectivity index (χ0n) is 21.5. The number of rotatable bonds is 12. The van der Waals surface area contributed by atoms with Gasteiger partial charge in [-0.15, -0.1) is 0 Å². The van der Waals surface area contributed by atoms with Crippen LogP contribution in [0.5, 0.6) is 5.75 Å². The number of hydrogen-bond donors (Lipinski definition) is 1. The number of carbonyl (C=O) groups is 2. The second kappa shape index (κ2) is 13.9. The standard InChI is InChI=1S/C30H34BrFN2O3/c1-4-16-33-30(36)27(17-22-10-6-5-7-11-22)34(19-24-12-8-9-13-26(24)32)29(35)20-37-28-15-14-23(21(2)3)18-25(28)31/h5-15,18,21,27H,4,16-17,19-20H2,1-3H3,(H,33,36). The fourth-order valence-corrected chi connectivity index (χ4v) is 4.46. The van der Waals surface area contributed by atoms with Crippen LogP contribution >= 0.6 is 15.9 Å². The first kappa shape index (κ1) is 28.4. The molecule has 3 aromatic carbocycles. The third-order valence-corrected chi connectivity index (χ3v) is 6.71. The van der Waals surface area contributed by atoms with Crippen molar-refractivity contribution >= 4 is 27.7 Å². The number of nitrogens with zero attached hydrogens (tertiary/aromatic N) is 1. The second-order valence-corrected chi connectivity index (χ2v) is 10.1. The highest BCUT2D eigenvalue weighted by atomic mass is 79.9. The normalized spacial score (nSPS) is 11.7. The molecule has 3 rings (SSSR count). The summed E-state index contributed by atoms with van der Waals surface area (Å²) < 4.78 is 21.3. The Morgan fingerprint density at radius 2 is 1.73 bits per heavy atom. The van der Waals surface area contributed by atoms with E-state index in [-0.39, 0.29) is 19.1 Å². The maximum Gasteiger partial charge on any atom is 0.261 e. The molecule has 1 N–H and O–H groups in total. The molecule has 1 atom stereocenters. The Morgan fingerprint density at radius 1 is 1.03 bits per heavy atom. The summed E-state index contributed by atoms with van der Waals surface area (Å²) in [5.74, 6) is -0.239. The summed E-state index contributed by atoms with van der Waals surface area (Å²) in [6.45, 7) is 6.30. The van der Waals surface area contributed by atoms with Crippen LogP contribution in [-0.4, -0.2) is 35.9 Å². The lowest BCUT2D eigenvalue weighted by molar-refractivity contribution is -0.142. The Bertz CT molecular complexity index is 1190. The lowest BCUT2D eigenvalue weighted by atomic mass is 10.0. The summed E-state index contributed by atoms with van der Waals surface area (Å²) >= 11 is 3.53. The van der Waals surface area contributed by atoms with E-state index in [0.717, 1.165) is 22.0 Å². The third kappa shape index (κ3) is 8.15. The first-order chi connectivity index (χ1) is 17.8. The summed E-state index contributed by atoms with van der Waals surface area (Å²) in [5, 5.41) is 2.91. The van der Waals surface area contributed by atoms with Crippen molar-refractivity contribution in [3.63, 3.8) is 0 Å². The number of benzene rings is 3. The van der Waals surface area contributed by atoms with Crippen LogP contribution in [0.4, 0.5) is 4.39 Å². The number of amides is 2. The Morgan fingerprint density at radius 3 is 2.38 bits per heavy atom. The molecule has 7 heteroatoms. The molecular weight excluding hydrogens is 535 g/mol. The topological polar surface area (TPSA) is 58.6 Å². The number of ether oxygens (including phenoxy) is 1. The fourth-order valence-electron chi connectivity index (χ4n) is 3.95. The van der Waals surface area contributed by atoms with E-state index in [2.05, 4.69) is 35.1 Å². The monoisotopic (exact) mass is 568 g/mol. The molecule has 0 aliphatic carbocycles. The Hall–Kier alpha value is -3.19. The van der Waals surface area contributed by atoms with Crippen LogP contribution in [0.25, 0.3) is 0 Å². The van der Waals surface area contributed by atoms with Gasteiger partial charge in [-0.25, -0.2) is 4.39 Å². The number of nitrogens with one attached hydrogen (secondary N) is 1. The van der Waals surface area contributed by atoms with Crippen molar-refractivity contribution in [3.05, 3.63) is 99.8 Å². The maximum absolute atomic E-state index is 14.6. The molecule has 0 fully saturated rings. The van der Waals surface area contributed by atoms with Gasteiger partial charge in [0.1, 0.15) is 17.6 Å². The first-order valence-corrected chi connectivity index (χ1v) is 13.4. The molecule has 5 nitrogen and oxygen atoms in total. The average Bonchev–Trinajstić information content (AvgIpc) is 2.89. The second-order valence-electron chi connectivity index (χ2n) is 9.24. The number of hydrogen-bond acceptors (Lipinski definition) is 3. The number of carbonyl (C=O) groups excluding carboxylic acids is 2. The third-order valence-electron chi connectivity index (χ3n) is 6.09. The Balaban J connectivity index is 1.90. The van der Waals surface area contributed by atoms with Gasteiger partial charge in [-0.2, -0.15) is 0 Å². The van der Waals surface area contributed by atoms with Crippen molar-refractivity contribution in [3.8, 4) is 5.75 Å². The van der Waals surface area contributed by atoms with Gasteiger partial charge in [-0.1, -0.05) is 75.4 Å². The minimum atomic E-state index is -0.837. The molecule has 0 bridgehead atoms. The first-order valence-electron chi connectivity index (χ1n) is 12.6. The molecule has 0 saturated carbocycles. The lowest BCUT2D eigenvalue weighted by Gasteiger charge is -2.31. The van der Waals surface area contributed by atoms with E-state index in [0.29, 0.717) is 30.2 Å². The molecule has 0 spiro atoms. The van der Waals surface area contributed by atoms with Crippen molar-refractivity contribution in [2.45, 2.75) is 52.1 Å². The van der Waals surface area contributed by atoms with Crippen LogP contribution in [0.15, 0.2) is 77.3 Å². The van der Waals surface area contributed by atoms with Crippen LogP contribution in [0.2, 0.25) is 0 Å². The highest BCUT2D eigenvalue weighted by Gasteiger charge is 2.31. The van der Waals surface area contributed by atoms with E-state index in [4.69, 9.17) is 4.74 Å².